The highest BCUT2D eigenvalue weighted by Crippen LogP contribution is 2.17. The van der Waals surface area contributed by atoms with Crippen LogP contribution in [0.25, 0.3) is 0 Å². The second kappa shape index (κ2) is 8.51. The number of rotatable bonds is 7. The molecule has 0 spiro atoms. The van der Waals surface area contributed by atoms with Gasteiger partial charge >= 0.3 is 0 Å². The molecule has 5 nitrogen and oxygen atoms in total. The van der Waals surface area contributed by atoms with Gasteiger partial charge in [-0.2, -0.15) is 0 Å². The molecule has 0 aromatic rings. The van der Waals surface area contributed by atoms with Crippen LogP contribution in [0, 0.1) is 5.92 Å². The first-order valence-corrected chi connectivity index (χ1v) is 7.11. The Balaban J connectivity index is 2.63. The van der Waals surface area contributed by atoms with Crippen molar-refractivity contribution in [1.29, 1.82) is 0 Å². The fraction of sp³-hybridized carbons (Fsp3) is 0.929. The molecule has 0 aliphatic carbocycles. The van der Waals surface area contributed by atoms with Gasteiger partial charge in [-0.3, -0.25) is 4.79 Å². The van der Waals surface area contributed by atoms with E-state index in [1.165, 1.54) is 0 Å². The number of ether oxygens (including phenoxy) is 2. The van der Waals surface area contributed by atoms with Crippen molar-refractivity contribution in [3.8, 4) is 0 Å². The van der Waals surface area contributed by atoms with Crippen molar-refractivity contribution < 1.29 is 14.3 Å². The zero-order chi connectivity index (χ0) is 14.3. The highest BCUT2D eigenvalue weighted by Gasteiger charge is 2.30. The molecule has 1 rings (SSSR count). The maximum absolute atomic E-state index is 12.6. The van der Waals surface area contributed by atoms with Gasteiger partial charge in [-0.25, -0.2) is 0 Å². The molecule has 1 fully saturated rings. The van der Waals surface area contributed by atoms with Crippen molar-refractivity contribution in [3.63, 3.8) is 0 Å². The SMILES string of the molecule is COCCN(C(=O)C1CC(C)CCN1)C(C)COC. The van der Waals surface area contributed by atoms with Crippen molar-refractivity contribution >= 4 is 5.91 Å². The van der Waals surface area contributed by atoms with Crippen LogP contribution >= 0.6 is 0 Å². The topological polar surface area (TPSA) is 50.8 Å². The standard InChI is InChI=1S/C14H28N2O3/c1-11-5-6-15-13(9-11)14(17)16(7-8-18-3)12(2)10-19-4/h11-13,15H,5-10H2,1-4H3. The molecule has 0 bridgehead atoms. The second-order valence-corrected chi connectivity index (χ2v) is 5.47. The number of nitrogens with one attached hydrogen (secondary N) is 1. The van der Waals surface area contributed by atoms with E-state index in [9.17, 15) is 4.79 Å². The van der Waals surface area contributed by atoms with Gasteiger partial charge in [0.05, 0.1) is 25.3 Å². The van der Waals surface area contributed by atoms with Crippen LogP contribution in [-0.4, -0.2) is 63.4 Å². The van der Waals surface area contributed by atoms with Gasteiger partial charge in [0.2, 0.25) is 5.91 Å². The molecular weight excluding hydrogens is 244 g/mol. The van der Waals surface area contributed by atoms with Crippen molar-refractivity contribution in [2.24, 2.45) is 5.92 Å². The number of piperidine rings is 1. The van der Waals surface area contributed by atoms with Crippen molar-refractivity contribution in [2.45, 2.75) is 38.8 Å². The van der Waals surface area contributed by atoms with Crippen molar-refractivity contribution in [2.75, 3.05) is 40.5 Å². The first-order chi connectivity index (χ1) is 9.10. The Morgan fingerprint density at radius 2 is 2.16 bits per heavy atom. The molecule has 1 saturated heterocycles. The number of methoxy groups -OCH3 is 2. The molecule has 19 heavy (non-hydrogen) atoms. The maximum atomic E-state index is 12.6. The van der Waals surface area contributed by atoms with Gasteiger partial charge in [0.1, 0.15) is 0 Å². The van der Waals surface area contributed by atoms with Gasteiger partial charge in [-0.15, -0.1) is 0 Å². The molecule has 0 aromatic carbocycles. The fourth-order valence-electron chi connectivity index (χ4n) is 2.56. The van der Waals surface area contributed by atoms with E-state index in [4.69, 9.17) is 9.47 Å². The van der Waals surface area contributed by atoms with Gasteiger partial charge in [0.15, 0.2) is 0 Å². The molecule has 5 heteroatoms. The lowest BCUT2D eigenvalue weighted by molar-refractivity contribution is -0.138. The van der Waals surface area contributed by atoms with Gasteiger partial charge in [-0.05, 0) is 32.2 Å². The highest BCUT2D eigenvalue weighted by atomic mass is 16.5. The van der Waals surface area contributed by atoms with Crippen LogP contribution in [0.3, 0.4) is 0 Å². The summed E-state index contributed by atoms with van der Waals surface area (Å²) in [6.45, 7) is 6.88. The third-order valence-corrected chi connectivity index (χ3v) is 3.72. The summed E-state index contributed by atoms with van der Waals surface area (Å²) in [6.07, 6.45) is 2.07. The van der Waals surface area contributed by atoms with E-state index in [1.807, 2.05) is 11.8 Å². The third-order valence-electron chi connectivity index (χ3n) is 3.72. The van der Waals surface area contributed by atoms with Gasteiger partial charge in [0.25, 0.3) is 0 Å². The van der Waals surface area contributed by atoms with E-state index >= 15 is 0 Å². The molecule has 1 heterocycles. The lowest BCUT2D eigenvalue weighted by Crippen LogP contribution is -2.54. The molecule has 3 atom stereocenters. The molecule has 1 aliphatic heterocycles. The Labute approximate surface area is 116 Å². The Kier molecular flexibility index (Phi) is 7.34. The van der Waals surface area contributed by atoms with Crippen LogP contribution in [-0.2, 0) is 14.3 Å². The number of carbonyl (C=O) groups excluding carboxylic acids is 1. The van der Waals surface area contributed by atoms with Gasteiger partial charge in [0, 0.05) is 20.8 Å². The van der Waals surface area contributed by atoms with Crippen molar-refractivity contribution in [3.05, 3.63) is 0 Å². The Hall–Kier alpha value is -0.650. The number of amides is 1. The molecule has 3 unspecified atom stereocenters. The first-order valence-electron chi connectivity index (χ1n) is 7.11. The molecule has 1 N–H and O–H groups in total. The molecule has 1 amide bonds. The number of hydrogen-bond donors (Lipinski definition) is 1. The highest BCUT2D eigenvalue weighted by molar-refractivity contribution is 5.82. The maximum Gasteiger partial charge on any atom is 0.240 e. The predicted molar refractivity (Wildman–Crippen MR) is 75.1 cm³/mol. The summed E-state index contributed by atoms with van der Waals surface area (Å²) in [6, 6.07) is 0.0200. The monoisotopic (exact) mass is 272 g/mol. The van der Waals surface area contributed by atoms with Crippen LogP contribution in [0.5, 0.6) is 0 Å². The van der Waals surface area contributed by atoms with Gasteiger partial charge < -0.3 is 19.7 Å². The largest absolute Gasteiger partial charge is 0.383 e. The van der Waals surface area contributed by atoms with Crippen molar-refractivity contribution in [1.82, 2.24) is 10.2 Å². The lowest BCUT2D eigenvalue weighted by atomic mass is 9.93. The van der Waals surface area contributed by atoms with Crippen LogP contribution in [0.2, 0.25) is 0 Å². The zero-order valence-electron chi connectivity index (χ0n) is 12.6. The smallest absolute Gasteiger partial charge is 0.240 e. The summed E-state index contributed by atoms with van der Waals surface area (Å²) >= 11 is 0. The predicted octanol–water partition coefficient (Wildman–Crippen LogP) is 0.884. The minimum Gasteiger partial charge on any atom is -0.383 e. The molecule has 1 aliphatic rings. The van der Waals surface area contributed by atoms with E-state index in [0.717, 1.165) is 19.4 Å². The summed E-state index contributed by atoms with van der Waals surface area (Å²) in [5, 5.41) is 3.33. The summed E-state index contributed by atoms with van der Waals surface area (Å²) in [5.41, 5.74) is 0. The minimum atomic E-state index is -0.0556. The zero-order valence-corrected chi connectivity index (χ0v) is 12.6. The summed E-state index contributed by atoms with van der Waals surface area (Å²) in [5.74, 6) is 0.783. The van der Waals surface area contributed by atoms with E-state index in [-0.39, 0.29) is 18.0 Å². The summed E-state index contributed by atoms with van der Waals surface area (Å²) in [4.78, 5) is 14.5. The third kappa shape index (κ3) is 5.09. The van der Waals surface area contributed by atoms with E-state index in [1.54, 1.807) is 14.2 Å². The van der Waals surface area contributed by atoms with Crippen LogP contribution < -0.4 is 5.32 Å². The van der Waals surface area contributed by atoms with E-state index in [0.29, 0.717) is 25.7 Å². The van der Waals surface area contributed by atoms with E-state index in [2.05, 4.69) is 12.2 Å². The molecule has 0 radical (unpaired) electrons. The molecule has 112 valence electrons. The Morgan fingerprint density at radius 1 is 1.42 bits per heavy atom. The number of hydrogen-bond acceptors (Lipinski definition) is 4. The molecule has 0 saturated carbocycles. The normalized spacial score (nSPS) is 25.1. The quantitative estimate of drug-likeness (QED) is 0.747. The average molecular weight is 272 g/mol. The first kappa shape index (κ1) is 16.4. The van der Waals surface area contributed by atoms with E-state index < -0.39 is 0 Å². The lowest BCUT2D eigenvalue weighted by Gasteiger charge is -2.35. The molecular formula is C14H28N2O3. The average Bonchev–Trinajstić information content (AvgIpc) is 2.39. The van der Waals surface area contributed by atoms with Crippen LogP contribution in [0.15, 0.2) is 0 Å². The minimum absolute atomic E-state index is 0.0556. The van der Waals surface area contributed by atoms with Crippen LogP contribution in [0.4, 0.5) is 0 Å². The van der Waals surface area contributed by atoms with Gasteiger partial charge in [-0.1, -0.05) is 6.92 Å². The second-order valence-electron chi connectivity index (χ2n) is 5.47. The Bertz CT molecular complexity index is 273. The summed E-state index contributed by atoms with van der Waals surface area (Å²) < 4.78 is 10.3. The summed E-state index contributed by atoms with van der Waals surface area (Å²) in [7, 11) is 3.32. The fourth-order valence-corrected chi connectivity index (χ4v) is 2.56. The number of nitrogens with zero attached hydrogens (tertiary/aromatic N) is 1. The van der Waals surface area contributed by atoms with Crippen LogP contribution in [0.1, 0.15) is 26.7 Å². The Morgan fingerprint density at radius 3 is 2.74 bits per heavy atom. The number of carbonyl (C=O) groups is 1. The molecule has 0 aromatic heterocycles.